The number of halogens is 2. The molecule has 0 bridgehead atoms. The summed E-state index contributed by atoms with van der Waals surface area (Å²) in [5, 5.41) is 3.58. The number of likely N-dealkylation sites (tertiary alicyclic amines) is 1. The van der Waals surface area contributed by atoms with Crippen molar-refractivity contribution < 1.29 is 9.59 Å². The summed E-state index contributed by atoms with van der Waals surface area (Å²) in [4.78, 5) is 25.5. The van der Waals surface area contributed by atoms with E-state index in [-0.39, 0.29) is 12.5 Å². The minimum absolute atomic E-state index is 0.141. The van der Waals surface area contributed by atoms with Crippen molar-refractivity contribution in [2.24, 2.45) is 5.84 Å². The van der Waals surface area contributed by atoms with E-state index in [1.807, 2.05) is 0 Å². The smallest absolute Gasteiger partial charge is 0.325 e. The zero-order valence-corrected chi connectivity index (χ0v) is 11.9. The minimum Gasteiger partial charge on any atom is -0.325 e. The van der Waals surface area contributed by atoms with Gasteiger partial charge in [-0.2, -0.15) is 0 Å². The molecule has 2 heterocycles. The van der Waals surface area contributed by atoms with Crippen molar-refractivity contribution in [1.82, 2.24) is 10.3 Å². The summed E-state index contributed by atoms with van der Waals surface area (Å²) < 4.78 is 0. The first-order chi connectivity index (χ1) is 9.48. The molecule has 1 fully saturated rings. The van der Waals surface area contributed by atoms with E-state index in [0.29, 0.717) is 28.7 Å². The summed E-state index contributed by atoms with van der Waals surface area (Å²) in [6, 6.07) is 2.93. The van der Waals surface area contributed by atoms with E-state index in [1.54, 1.807) is 12.1 Å². The Hall–Kier alpha value is -1.50. The molecular formula is C12H12Cl2N4O2. The summed E-state index contributed by atoms with van der Waals surface area (Å²) in [6.45, 7) is 0.725. The van der Waals surface area contributed by atoms with Gasteiger partial charge in [-0.25, -0.2) is 10.6 Å². The van der Waals surface area contributed by atoms with Gasteiger partial charge in [-0.05, 0) is 24.1 Å². The molecule has 1 saturated heterocycles. The average molecular weight is 315 g/mol. The van der Waals surface area contributed by atoms with Crippen LogP contribution in [0.25, 0.3) is 0 Å². The van der Waals surface area contributed by atoms with Gasteiger partial charge in [-0.15, -0.1) is 0 Å². The van der Waals surface area contributed by atoms with E-state index in [2.05, 4.69) is 10.7 Å². The molecule has 1 spiro atoms. The zero-order valence-electron chi connectivity index (χ0n) is 10.4. The molecule has 0 radical (unpaired) electrons. The summed E-state index contributed by atoms with van der Waals surface area (Å²) in [6.07, 6.45) is 0.525. The predicted octanol–water partition coefficient (Wildman–Crippen LogP) is 1.47. The van der Waals surface area contributed by atoms with Crippen LogP contribution in [0.4, 0.5) is 10.5 Å². The lowest BCUT2D eigenvalue weighted by Gasteiger charge is -2.22. The maximum absolute atomic E-state index is 12.3. The fourth-order valence-electron chi connectivity index (χ4n) is 2.89. The largest absolute Gasteiger partial charge is 0.331 e. The molecule has 1 aromatic rings. The van der Waals surface area contributed by atoms with Gasteiger partial charge >= 0.3 is 6.03 Å². The summed E-state index contributed by atoms with van der Waals surface area (Å²) in [5.41, 5.74) is 2.75. The highest BCUT2D eigenvalue weighted by Gasteiger charge is 2.52. The van der Waals surface area contributed by atoms with Crippen LogP contribution in [0.3, 0.4) is 0 Å². The molecular weight excluding hydrogens is 303 g/mol. The van der Waals surface area contributed by atoms with E-state index in [9.17, 15) is 9.59 Å². The van der Waals surface area contributed by atoms with Crippen LogP contribution in [0, 0.1) is 0 Å². The minimum atomic E-state index is -0.768. The van der Waals surface area contributed by atoms with Crippen molar-refractivity contribution >= 4 is 40.8 Å². The number of urea groups is 1. The van der Waals surface area contributed by atoms with Crippen molar-refractivity contribution in [3.8, 4) is 0 Å². The van der Waals surface area contributed by atoms with Gasteiger partial charge in [0.05, 0.1) is 15.5 Å². The Morgan fingerprint density at radius 1 is 1.40 bits per heavy atom. The van der Waals surface area contributed by atoms with Gasteiger partial charge in [0.25, 0.3) is 0 Å². The Labute approximate surface area is 125 Å². The van der Waals surface area contributed by atoms with Crippen LogP contribution in [0.2, 0.25) is 10.0 Å². The molecule has 20 heavy (non-hydrogen) atoms. The highest BCUT2D eigenvalue weighted by molar-refractivity contribution is 6.42. The molecule has 0 saturated carbocycles. The third kappa shape index (κ3) is 1.76. The highest BCUT2D eigenvalue weighted by Crippen LogP contribution is 2.46. The molecule has 2 aliphatic rings. The second-order valence-corrected chi connectivity index (χ2v) is 5.78. The van der Waals surface area contributed by atoms with Crippen molar-refractivity contribution in [3.63, 3.8) is 0 Å². The number of hydrazine groups is 1. The third-order valence-electron chi connectivity index (χ3n) is 3.94. The van der Waals surface area contributed by atoms with Gasteiger partial charge in [0, 0.05) is 18.8 Å². The topological polar surface area (TPSA) is 87.5 Å². The number of nitrogens with zero attached hydrogens (tertiary/aromatic N) is 1. The first-order valence-electron chi connectivity index (χ1n) is 6.04. The van der Waals surface area contributed by atoms with Crippen molar-refractivity contribution in [3.05, 3.63) is 27.7 Å². The van der Waals surface area contributed by atoms with E-state index < -0.39 is 11.4 Å². The second-order valence-electron chi connectivity index (χ2n) is 4.97. The number of benzene rings is 1. The number of hydrogen-bond acceptors (Lipinski definition) is 3. The van der Waals surface area contributed by atoms with Crippen molar-refractivity contribution in [1.29, 1.82) is 0 Å². The van der Waals surface area contributed by atoms with Crippen LogP contribution < -0.4 is 16.6 Å². The Kier molecular flexibility index (Phi) is 3.04. The fourth-order valence-corrected chi connectivity index (χ4v) is 3.22. The molecule has 4 N–H and O–H groups in total. The molecule has 2 aliphatic heterocycles. The molecule has 3 rings (SSSR count). The third-order valence-corrected chi connectivity index (χ3v) is 4.66. The zero-order chi connectivity index (χ0) is 14.5. The summed E-state index contributed by atoms with van der Waals surface area (Å²) in [5.74, 6) is 4.99. The van der Waals surface area contributed by atoms with Crippen LogP contribution in [0.1, 0.15) is 12.0 Å². The van der Waals surface area contributed by atoms with E-state index in [0.717, 1.165) is 5.56 Å². The van der Waals surface area contributed by atoms with Crippen molar-refractivity contribution in [2.45, 2.75) is 11.8 Å². The van der Waals surface area contributed by atoms with Crippen molar-refractivity contribution in [2.75, 3.05) is 18.4 Å². The van der Waals surface area contributed by atoms with Crippen LogP contribution >= 0.6 is 23.2 Å². The normalized spacial score (nSPS) is 23.9. The maximum atomic E-state index is 12.3. The summed E-state index contributed by atoms with van der Waals surface area (Å²) >= 11 is 12.0. The number of carbonyl (C=O) groups excluding carboxylic acids is 2. The Balaban J connectivity index is 2.03. The molecule has 6 nitrogen and oxygen atoms in total. The molecule has 1 aromatic carbocycles. The monoisotopic (exact) mass is 314 g/mol. The number of fused-ring (bicyclic) bond motifs is 2. The molecule has 1 atom stereocenters. The number of anilines is 1. The Morgan fingerprint density at radius 3 is 2.80 bits per heavy atom. The van der Waals surface area contributed by atoms with Crippen LogP contribution in [0.15, 0.2) is 12.1 Å². The second kappa shape index (κ2) is 4.51. The quantitative estimate of drug-likeness (QED) is 0.385. The lowest BCUT2D eigenvalue weighted by atomic mass is 9.81. The molecule has 106 valence electrons. The van der Waals surface area contributed by atoms with Gasteiger partial charge in [0.15, 0.2) is 0 Å². The number of nitrogens with one attached hydrogen (secondary N) is 2. The average Bonchev–Trinajstić information content (AvgIpc) is 2.97. The molecule has 0 aromatic heterocycles. The number of nitrogens with two attached hydrogens (primary N) is 1. The highest BCUT2D eigenvalue weighted by atomic mass is 35.5. The van der Waals surface area contributed by atoms with Crippen LogP contribution in [-0.2, 0) is 10.2 Å². The summed E-state index contributed by atoms with van der Waals surface area (Å²) in [7, 11) is 0. The molecule has 0 unspecified atom stereocenters. The fraction of sp³-hybridized carbons (Fsp3) is 0.333. The molecule has 0 aliphatic carbocycles. The molecule has 3 amide bonds. The maximum Gasteiger partial charge on any atom is 0.331 e. The lowest BCUT2D eigenvalue weighted by molar-refractivity contribution is -0.120. The number of carbonyl (C=O) groups is 2. The number of amides is 3. The Bertz CT molecular complexity index is 622. The Morgan fingerprint density at radius 2 is 2.10 bits per heavy atom. The number of rotatable bonds is 0. The van der Waals surface area contributed by atoms with Crippen LogP contribution in [0.5, 0.6) is 0 Å². The van der Waals surface area contributed by atoms with Gasteiger partial charge in [-0.3, -0.25) is 10.2 Å². The van der Waals surface area contributed by atoms with E-state index >= 15 is 0 Å². The van der Waals surface area contributed by atoms with Gasteiger partial charge in [-0.1, -0.05) is 23.2 Å². The van der Waals surface area contributed by atoms with Crippen LogP contribution in [-0.4, -0.2) is 29.9 Å². The standard InChI is InChI=1S/C12H12Cl2N4O2/c13-7-3-6-9(4-8(7)14)16-10(19)12(6)1-2-18(5-12)11(20)17-15/h3-4H,1-2,5,15H2,(H,16,19)(H,17,20)/t12-/m1/s1. The van der Waals surface area contributed by atoms with Gasteiger partial charge < -0.3 is 10.2 Å². The first-order valence-corrected chi connectivity index (χ1v) is 6.80. The SMILES string of the molecule is NNC(=O)N1CC[C@]2(C1)C(=O)Nc1cc(Cl)c(Cl)cc12. The molecule has 8 heteroatoms. The number of hydrogen-bond donors (Lipinski definition) is 3. The first kappa shape index (κ1) is 13.5. The van der Waals surface area contributed by atoms with Gasteiger partial charge in [0.2, 0.25) is 5.91 Å². The van der Waals surface area contributed by atoms with Gasteiger partial charge in [0.1, 0.15) is 0 Å². The predicted molar refractivity (Wildman–Crippen MR) is 75.7 cm³/mol. The van der Waals surface area contributed by atoms with E-state index in [1.165, 1.54) is 4.90 Å². The van der Waals surface area contributed by atoms with E-state index in [4.69, 9.17) is 29.0 Å². The lowest BCUT2D eigenvalue weighted by Crippen LogP contribution is -2.45.